The average molecular weight is 360 g/mol. The van der Waals surface area contributed by atoms with Gasteiger partial charge in [0, 0.05) is 12.1 Å². The molecule has 4 nitrogen and oxygen atoms in total. The topological polar surface area (TPSA) is 50.7 Å². The molecule has 0 bridgehead atoms. The number of methoxy groups -OCH3 is 1. The summed E-state index contributed by atoms with van der Waals surface area (Å²) in [6.07, 6.45) is 0. The third kappa shape index (κ3) is 6.68. The van der Waals surface area contributed by atoms with Crippen molar-refractivity contribution in [3.05, 3.63) is 22.2 Å². The third-order valence-corrected chi connectivity index (χ3v) is 3.27. The molecule has 0 spiro atoms. The molecule has 0 heterocycles. The highest BCUT2D eigenvalue weighted by Crippen LogP contribution is 2.37. The lowest BCUT2D eigenvalue weighted by Gasteiger charge is -2.22. The Labute approximate surface area is 136 Å². The van der Waals surface area contributed by atoms with E-state index in [0.717, 1.165) is 16.6 Å². The molecule has 5 heteroatoms. The number of nitrogens with one attached hydrogen (secondary N) is 1. The van der Waals surface area contributed by atoms with Crippen LogP contribution in [-0.4, -0.2) is 30.0 Å². The number of hydrogen-bond acceptors (Lipinski definition) is 4. The SMILES string of the molecule is COc1cc(CNC(C)(C)C)cc(Br)c1OCC(C)(C)O. The third-order valence-electron chi connectivity index (χ3n) is 2.68. The van der Waals surface area contributed by atoms with Gasteiger partial charge in [-0.3, -0.25) is 0 Å². The minimum atomic E-state index is -0.892. The van der Waals surface area contributed by atoms with Crippen molar-refractivity contribution in [3.63, 3.8) is 0 Å². The van der Waals surface area contributed by atoms with Gasteiger partial charge in [-0.05, 0) is 68.2 Å². The van der Waals surface area contributed by atoms with Gasteiger partial charge in [-0.15, -0.1) is 0 Å². The Hall–Kier alpha value is -0.780. The molecule has 0 unspecified atom stereocenters. The zero-order chi connectivity index (χ0) is 16.3. The first-order valence-corrected chi connectivity index (χ1v) is 7.78. The predicted octanol–water partition coefficient (Wildman–Crippen LogP) is 3.50. The van der Waals surface area contributed by atoms with Gasteiger partial charge < -0.3 is 19.9 Å². The fourth-order valence-corrected chi connectivity index (χ4v) is 2.24. The summed E-state index contributed by atoms with van der Waals surface area (Å²) in [4.78, 5) is 0. The van der Waals surface area contributed by atoms with Crippen molar-refractivity contribution < 1.29 is 14.6 Å². The van der Waals surface area contributed by atoms with E-state index in [-0.39, 0.29) is 12.1 Å². The lowest BCUT2D eigenvalue weighted by atomic mass is 10.1. The van der Waals surface area contributed by atoms with Crippen molar-refractivity contribution in [2.45, 2.75) is 52.3 Å². The number of halogens is 1. The molecule has 0 aliphatic heterocycles. The van der Waals surface area contributed by atoms with Crippen LogP contribution < -0.4 is 14.8 Å². The summed E-state index contributed by atoms with van der Waals surface area (Å²) >= 11 is 3.51. The van der Waals surface area contributed by atoms with Crippen LogP contribution in [0.1, 0.15) is 40.2 Å². The maximum Gasteiger partial charge on any atom is 0.175 e. The van der Waals surface area contributed by atoms with E-state index >= 15 is 0 Å². The van der Waals surface area contributed by atoms with Gasteiger partial charge in [-0.25, -0.2) is 0 Å². The van der Waals surface area contributed by atoms with Gasteiger partial charge in [0.25, 0.3) is 0 Å². The summed E-state index contributed by atoms with van der Waals surface area (Å²) in [6, 6.07) is 3.95. The number of hydrogen-bond donors (Lipinski definition) is 2. The molecule has 0 fully saturated rings. The van der Waals surface area contributed by atoms with Crippen LogP contribution in [0.2, 0.25) is 0 Å². The molecule has 0 atom stereocenters. The standard InChI is InChI=1S/C16H26BrNO3/c1-15(2,3)18-9-11-7-12(17)14(13(8-11)20-6)21-10-16(4,5)19/h7-8,18-19H,9-10H2,1-6H3. The molecule has 0 amide bonds. The molecule has 1 aromatic carbocycles. The maximum absolute atomic E-state index is 9.77. The van der Waals surface area contributed by atoms with Gasteiger partial charge in [-0.2, -0.15) is 0 Å². The Balaban J connectivity index is 2.92. The van der Waals surface area contributed by atoms with Crippen molar-refractivity contribution in [1.29, 1.82) is 0 Å². The maximum atomic E-state index is 9.77. The summed E-state index contributed by atoms with van der Waals surface area (Å²) in [5.74, 6) is 1.26. The van der Waals surface area contributed by atoms with E-state index in [9.17, 15) is 5.11 Å². The molecule has 120 valence electrons. The van der Waals surface area contributed by atoms with E-state index in [2.05, 4.69) is 42.0 Å². The van der Waals surface area contributed by atoms with Crippen LogP contribution in [0.5, 0.6) is 11.5 Å². The van der Waals surface area contributed by atoms with Gasteiger partial charge in [0.15, 0.2) is 11.5 Å². The van der Waals surface area contributed by atoms with E-state index in [1.54, 1.807) is 21.0 Å². The zero-order valence-corrected chi connectivity index (χ0v) is 15.3. The highest BCUT2D eigenvalue weighted by atomic mass is 79.9. The molecular weight excluding hydrogens is 334 g/mol. The van der Waals surface area contributed by atoms with Gasteiger partial charge >= 0.3 is 0 Å². The van der Waals surface area contributed by atoms with Crippen LogP contribution in [0.3, 0.4) is 0 Å². The second-order valence-corrected chi connectivity index (χ2v) is 7.67. The molecule has 0 aliphatic carbocycles. The minimum Gasteiger partial charge on any atom is -0.493 e. The van der Waals surface area contributed by atoms with Crippen molar-refractivity contribution in [2.24, 2.45) is 0 Å². The monoisotopic (exact) mass is 359 g/mol. The summed E-state index contributed by atoms with van der Waals surface area (Å²) in [6.45, 7) is 10.7. The van der Waals surface area contributed by atoms with Crippen molar-refractivity contribution in [2.75, 3.05) is 13.7 Å². The van der Waals surface area contributed by atoms with Crippen molar-refractivity contribution >= 4 is 15.9 Å². The number of aliphatic hydroxyl groups is 1. The van der Waals surface area contributed by atoms with Crippen LogP contribution in [0.25, 0.3) is 0 Å². The largest absolute Gasteiger partial charge is 0.493 e. The van der Waals surface area contributed by atoms with Crippen LogP contribution >= 0.6 is 15.9 Å². The van der Waals surface area contributed by atoms with Gasteiger partial charge in [0.05, 0.1) is 17.2 Å². The molecule has 0 saturated heterocycles. The Kier molecular flexibility index (Phi) is 6.08. The van der Waals surface area contributed by atoms with Gasteiger partial charge in [0.1, 0.15) is 6.61 Å². The summed E-state index contributed by atoms with van der Waals surface area (Å²) in [5.41, 5.74) is 0.261. The smallest absolute Gasteiger partial charge is 0.175 e. The highest BCUT2D eigenvalue weighted by Gasteiger charge is 2.18. The predicted molar refractivity (Wildman–Crippen MR) is 89.1 cm³/mol. The molecule has 1 aromatic rings. The first-order chi connectivity index (χ1) is 9.52. The average Bonchev–Trinajstić information content (AvgIpc) is 2.32. The summed E-state index contributed by atoms with van der Waals surface area (Å²) in [7, 11) is 1.61. The molecular formula is C16H26BrNO3. The van der Waals surface area contributed by atoms with E-state index in [1.807, 2.05) is 12.1 Å². The number of benzene rings is 1. The molecule has 0 radical (unpaired) electrons. The van der Waals surface area contributed by atoms with Crippen LogP contribution in [-0.2, 0) is 6.54 Å². The van der Waals surface area contributed by atoms with E-state index in [1.165, 1.54) is 0 Å². The van der Waals surface area contributed by atoms with Crippen LogP contribution in [0, 0.1) is 0 Å². The second-order valence-electron chi connectivity index (χ2n) is 6.81. The van der Waals surface area contributed by atoms with E-state index in [0.29, 0.717) is 11.5 Å². The summed E-state index contributed by atoms with van der Waals surface area (Å²) in [5, 5.41) is 13.2. The minimum absolute atomic E-state index is 0.0514. The van der Waals surface area contributed by atoms with Crippen molar-refractivity contribution in [1.82, 2.24) is 5.32 Å². The molecule has 21 heavy (non-hydrogen) atoms. The lowest BCUT2D eigenvalue weighted by Crippen LogP contribution is -2.35. The first kappa shape index (κ1) is 18.3. The molecule has 0 aliphatic rings. The zero-order valence-electron chi connectivity index (χ0n) is 13.7. The van der Waals surface area contributed by atoms with E-state index < -0.39 is 5.60 Å². The molecule has 0 aromatic heterocycles. The molecule has 2 N–H and O–H groups in total. The Morgan fingerprint density at radius 3 is 2.29 bits per heavy atom. The van der Waals surface area contributed by atoms with Crippen molar-refractivity contribution in [3.8, 4) is 11.5 Å². The summed E-state index contributed by atoms with van der Waals surface area (Å²) < 4.78 is 11.9. The Bertz CT molecular complexity index is 476. The fraction of sp³-hybridized carbons (Fsp3) is 0.625. The normalized spacial score (nSPS) is 12.4. The van der Waals surface area contributed by atoms with Gasteiger partial charge in [0.2, 0.25) is 0 Å². The Morgan fingerprint density at radius 2 is 1.81 bits per heavy atom. The lowest BCUT2D eigenvalue weighted by molar-refractivity contribution is 0.0273. The van der Waals surface area contributed by atoms with Crippen LogP contribution in [0.4, 0.5) is 0 Å². The fourth-order valence-electron chi connectivity index (χ4n) is 1.63. The van der Waals surface area contributed by atoms with E-state index in [4.69, 9.17) is 9.47 Å². The van der Waals surface area contributed by atoms with Crippen LogP contribution in [0.15, 0.2) is 16.6 Å². The number of rotatable bonds is 6. The Morgan fingerprint density at radius 1 is 1.19 bits per heavy atom. The highest BCUT2D eigenvalue weighted by molar-refractivity contribution is 9.10. The van der Waals surface area contributed by atoms with Gasteiger partial charge in [-0.1, -0.05) is 0 Å². The molecule has 0 saturated carbocycles. The first-order valence-electron chi connectivity index (χ1n) is 6.98. The number of ether oxygens (including phenoxy) is 2. The second kappa shape index (κ2) is 6.99. The quantitative estimate of drug-likeness (QED) is 0.815. The molecule has 1 rings (SSSR count).